The Morgan fingerprint density at radius 1 is 0.500 bits per heavy atom. The Kier molecular flexibility index (Phi) is 17.2. The lowest BCUT2D eigenvalue weighted by Crippen LogP contribution is -2.28. The summed E-state index contributed by atoms with van der Waals surface area (Å²) in [5, 5.41) is 1.38. The van der Waals surface area contributed by atoms with Crippen LogP contribution in [0.4, 0.5) is 26.3 Å². The Hall–Kier alpha value is -2.27. The number of rotatable bonds is 4. The summed E-state index contributed by atoms with van der Waals surface area (Å²) < 4.78 is 130. The summed E-state index contributed by atoms with van der Waals surface area (Å²) in [6.45, 7) is 20.0. The molecular weight excluding hydrogens is 1120 g/mol. The van der Waals surface area contributed by atoms with Crippen molar-refractivity contribution in [1.29, 1.82) is 0 Å². The average Bonchev–Trinajstić information content (AvgIpc) is 3.04. The molecule has 6 nitrogen and oxygen atoms in total. The molecule has 0 unspecified atom stereocenters. The van der Waals surface area contributed by atoms with Gasteiger partial charge in [-0.15, -0.1) is 23.1 Å². The fraction of sp³-hybridized carbons (Fsp3) is 0.297. The fourth-order valence-corrected chi connectivity index (χ4v) is 7.83. The van der Waals surface area contributed by atoms with Crippen molar-refractivity contribution in [2.45, 2.75) is 69.9 Å². The lowest BCUT2D eigenvalue weighted by atomic mass is 10.0. The van der Waals surface area contributed by atoms with Crippen molar-refractivity contribution in [3.05, 3.63) is 77.5 Å². The molecule has 0 spiro atoms. The first-order valence-corrected chi connectivity index (χ1v) is 32.9. The summed E-state index contributed by atoms with van der Waals surface area (Å²) in [4.78, 5) is 0. The zero-order valence-corrected chi connectivity index (χ0v) is 43.2. The van der Waals surface area contributed by atoms with Gasteiger partial charge in [-0.2, -0.15) is 43.2 Å². The molecule has 58 heavy (non-hydrogen) atoms. The van der Waals surface area contributed by atoms with Gasteiger partial charge in [0.2, 0.25) is 0 Å². The van der Waals surface area contributed by atoms with Crippen LogP contribution in [0.5, 0.6) is 11.5 Å². The molecule has 0 fully saturated rings. The predicted molar refractivity (Wildman–Crippen MR) is 243 cm³/mol. The van der Waals surface area contributed by atoms with Gasteiger partial charge < -0.3 is 8.37 Å². The van der Waals surface area contributed by atoms with Crippen LogP contribution < -0.4 is 8.37 Å². The second kappa shape index (κ2) is 19.2. The van der Waals surface area contributed by atoms with E-state index in [2.05, 4.69) is 184 Å². The van der Waals surface area contributed by atoms with Crippen LogP contribution in [0.2, 0.25) is 58.9 Å². The molecule has 0 bridgehead atoms. The third kappa shape index (κ3) is 14.7. The normalized spacial score (nSPS) is 12.4. The topological polar surface area (TPSA) is 86.7 Å². The van der Waals surface area contributed by atoms with Crippen LogP contribution in [0.15, 0.2) is 66.4 Å². The highest BCUT2D eigenvalue weighted by molar-refractivity contribution is 9.11. The molecule has 0 atom stereocenters. The van der Waals surface area contributed by atoms with Crippen molar-refractivity contribution in [2.24, 2.45) is 0 Å². The van der Waals surface area contributed by atoms with Gasteiger partial charge in [-0.05, 0) is 111 Å². The van der Waals surface area contributed by atoms with E-state index in [9.17, 15) is 43.2 Å². The monoisotopic (exact) mass is 1150 g/mol. The standard InChI is InChI=1S/C20H22Br2Si2.C12H4Br2F6O6S2.C5H10Si/c1-23(2,3)13-11-17-15-7-10-20(22)18(12-14-24(4,5)6)16(15)8-9-19(17)21;13-7-3-1-5-6(10(7)26-28(23,24)12(18,19)20)2-4-8(14)9(5)25-27(21,22)11(15,16)17;1-5-6(2,3)4/h7-10H,1-6H3;1-4H;1H,2-4H3. The van der Waals surface area contributed by atoms with Crippen LogP contribution in [0.1, 0.15) is 11.1 Å². The van der Waals surface area contributed by atoms with Crippen LogP contribution in [0.3, 0.4) is 0 Å². The van der Waals surface area contributed by atoms with Gasteiger partial charge in [0.25, 0.3) is 0 Å². The summed E-state index contributed by atoms with van der Waals surface area (Å²) in [6.07, 6.45) is 5.12. The lowest BCUT2D eigenvalue weighted by molar-refractivity contribution is -0.0505. The van der Waals surface area contributed by atoms with E-state index in [1.165, 1.54) is 10.8 Å². The second-order valence-electron chi connectivity index (χ2n) is 15.1. The third-order valence-electron chi connectivity index (χ3n) is 6.62. The van der Waals surface area contributed by atoms with Crippen molar-refractivity contribution >= 4 is 130 Å². The summed E-state index contributed by atoms with van der Waals surface area (Å²) in [5.74, 6) is 4.98. The van der Waals surface area contributed by atoms with Crippen LogP contribution in [-0.4, -0.2) is 52.1 Å². The van der Waals surface area contributed by atoms with Gasteiger partial charge in [0, 0.05) is 30.8 Å². The SMILES string of the molecule is C#C[Si](C)(C)C.C[Si](C)(C)C#Cc1c(Br)ccc2c(C#C[Si](C)(C)C)c(Br)ccc12.O=S(=O)(Oc1c(Br)ccc2c(OS(=O)(=O)C(F)(F)F)c(Br)ccc12)C(F)(F)F. The van der Waals surface area contributed by atoms with Crippen LogP contribution >= 0.6 is 63.7 Å². The van der Waals surface area contributed by atoms with Gasteiger partial charge in [0.15, 0.2) is 11.5 Å². The first-order chi connectivity index (χ1) is 26.0. The molecule has 21 heteroatoms. The van der Waals surface area contributed by atoms with E-state index in [1.807, 2.05) is 0 Å². The van der Waals surface area contributed by atoms with Crippen molar-refractivity contribution in [1.82, 2.24) is 0 Å². The Balaban J connectivity index is 0.000000354. The van der Waals surface area contributed by atoms with Gasteiger partial charge >= 0.3 is 31.3 Å². The molecule has 0 aliphatic heterocycles. The molecule has 4 aromatic rings. The molecule has 314 valence electrons. The Morgan fingerprint density at radius 2 is 0.759 bits per heavy atom. The Labute approximate surface area is 372 Å². The summed E-state index contributed by atoms with van der Waals surface area (Å²) in [6, 6.07) is 12.3. The highest BCUT2D eigenvalue weighted by Gasteiger charge is 2.50. The third-order valence-corrected chi connectivity index (χ3v) is 13.7. The van der Waals surface area contributed by atoms with Crippen molar-refractivity contribution in [3.63, 3.8) is 0 Å². The van der Waals surface area contributed by atoms with E-state index >= 15 is 0 Å². The maximum atomic E-state index is 12.6. The van der Waals surface area contributed by atoms with Crippen molar-refractivity contribution in [2.75, 3.05) is 0 Å². The van der Waals surface area contributed by atoms with Gasteiger partial charge in [-0.1, -0.05) is 82.9 Å². The number of terminal acetylenes is 1. The Morgan fingerprint density at radius 3 is 1.00 bits per heavy atom. The number of fused-ring (bicyclic) bond motifs is 2. The molecule has 0 aromatic heterocycles. The van der Waals surface area contributed by atoms with Crippen LogP contribution in [-0.2, 0) is 20.2 Å². The number of alkyl halides is 6. The first kappa shape index (κ1) is 51.9. The Bertz CT molecular complexity index is 2440. The first-order valence-electron chi connectivity index (χ1n) is 16.4. The molecule has 4 rings (SSSR count). The molecule has 4 aromatic carbocycles. The van der Waals surface area contributed by atoms with Crippen LogP contribution in [0, 0.1) is 34.9 Å². The van der Waals surface area contributed by atoms with Gasteiger partial charge in [0.05, 0.1) is 8.95 Å². The summed E-state index contributed by atoms with van der Waals surface area (Å²) >= 11 is 12.9. The molecule has 0 saturated heterocycles. The molecule has 0 N–H and O–H groups in total. The highest BCUT2D eigenvalue weighted by Crippen LogP contribution is 2.44. The largest absolute Gasteiger partial charge is 0.534 e. The van der Waals surface area contributed by atoms with Crippen LogP contribution in [0.25, 0.3) is 21.5 Å². The van der Waals surface area contributed by atoms with Gasteiger partial charge in [0.1, 0.15) is 24.2 Å². The number of hydrogen-bond donors (Lipinski definition) is 0. The average molecular weight is 1160 g/mol. The van der Waals surface area contributed by atoms with E-state index in [0.717, 1.165) is 44.3 Å². The maximum absolute atomic E-state index is 12.6. The summed E-state index contributed by atoms with van der Waals surface area (Å²) in [5.41, 5.74) is 0.261. The zero-order chi connectivity index (χ0) is 45.0. The van der Waals surface area contributed by atoms with E-state index in [1.54, 1.807) is 0 Å². The lowest BCUT2D eigenvalue weighted by Gasteiger charge is -2.16. The quantitative estimate of drug-likeness (QED) is 0.0665. The van der Waals surface area contributed by atoms with Gasteiger partial charge in [-0.25, -0.2) is 0 Å². The molecular formula is C37H36Br4F6O6S2Si3. The molecule has 0 amide bonds. The molecule has 0 aliphatic rings. The molecule has 0 radical (unpaired) electrons. The minimum absolute atomic E-state index is 0.306. The van der Waals surface area contributed by atoms with Gasteiger partial charge in [-0.3, -0.25) is 0 Å². The number of benzene rings is 4. The van der Waals surface area contributed by atoms with Crippen molar-refractivity contribution < 1.29 is 51.5 Å². The molecule has 0 heterocycles. The fourth-order valence-electron chi connectivity index (χ4n) is 3.89. The highest BCUT2D eigenvalue weighted by atomic mass is 79.9. The number of halogens is 10. The summed E-state index contributed by atoms with van der Waals surface area (Å²) in [7, 11) is -16.2. The van der Waals surface area contributed by atoms with E-state index in [4.69, 9.17) is 6.42 Å². The minimum Gasteiger partial charge on any atom is -0.374 e. The van der Waals surface area contributed by atoms with E-state index < -0.39 is 77.7 Å². The maximum Gasteiger partial charge on any atom is 0.534 e. The second-order valence-corrected chi connectivity index (χ2v) is 35.9. The zero-order valence-electron chi connectivity index (χ0n) is 32.2. The van der Waals surface area contributed by atoms with Crippen molar-refractivity contribution in [3.8, 4) is 46.4 Å². The van der Waals surface area contributed by atoms with E-state index in [-0.39, 0.29) is 8.95 Å². The molecule has 0 aliphatic carbocycles. The predicted octanol–water partition coefficient (Wildman–Crippen LogP) is 13.1. The minimum atomic E-state index is -6.13. The van der Waals surface area contributed by atoms with E-state index in [0.29, 0.717) is 0 Å². The molecule has 0 saturated carbocycles. The smallest absolute Gasteiger partial charge is 0.374 e. The number of hydrogen-bond acceptors (Lipinski definition) is 6.